The van der Waals surface area contributed by atoms with Gasteiger partial charge in [0.2, 0.25) is 0 Å². The Morgan fingerprint density at radius 1 is 1.50 bits per heavy atom. The van der Waals surface area contributed by atoms with Crippen LogP contribution in [0.3, 0.4) is 0 Å². The molecule has 1 aromatic rings. The van der Waals surface area contributed by atoms with Crippen LogP contribution in [0, 0.1) is 11.5 Å². The van der Waals surface area contributed by atoms with Crippen LogP contribution < -0.4 is 0 Å². The number of hydrogen-bond donors (Lipinski definition) is 1. The van der Waals surface area contributed by atoms with E-state index in [4.69, 9.17) is 5.41 Å². The predicted octanol–water partition coefficient (Wildman–Crippen LogP) is 2.85. The van der Waals surface area contributed by atoms with E-state index in [2.05, 4.69) is 13.0 Å². The third-order valence-electron chi connectivity index (χ3n) is 1.73. The summed E-state index contributed by atoms with van der Waals surface area (Å²) in [7, 11) is 0. The zero-order valence-electron chi connectivity index (χ0n) is 7.43. The molecule has 0 amide bonds. The molecule has 0 fully saturated rings. The highest BCUT2D eigenvalue weighted by Crippen LogP contribution is 2.02. The van der Waals surface area contributed by atoms with E-state index in [9.17, 15) is 0 Å². The lowest BCUT2D eigenvalue weighted by Gasteiger charge is -2.00. The zero-order chi connectivity index (χ0) is 8.81. The molecule has 1 radical (unpaired) electrons. The maximum atomic E-state index is 7.61. The quantitative estimate of drug-likeness (QED) is 0.655. The van der Waals surface area contributed by atoms with E-state index in [0.29, 0.717) is 0 Å². The molecule has 1 rings (SSSR count). The lowest BCUT2D eigenvalue weighted by molar-refractivity contribution is 0.964. The molecule has 1 heteroatoms. The highest BCUT2D eigenvalue weighted by molar-refractivity contribution is 5.83. The minimum absolute atomic E-state index is 0.759. The smallest absolute Gasteiger partial charge is 0.0133 e. The van der Waals surface area contributed by atoms with E-state index in [1.54, 1.807) is 0 Å². The third-order valence-corrected chi connectivity index (χ3v) is 1.73. The second kappa shape index (κ2) is 4.70. The first-order chi connectivity index (χ1) is 5.83. The van der Waals surface area contributed by atoms with Gasteiger partial charge in [0.25, 0.3) is 0 Å². The summed E-state index contributed by atoms with van der Waals surface area (Å²) in [5.41, 5.74) is 1.93. The Morgan fingerprint density at radius 2 is 2.33 bits per heavy atom. The first-order valence-corrected chi connectivity index (χ1v) is 4.35. The summed E-state index contributed by atoms with van der Waals surface area (Å²) in [6, 6.07) is 11.0. The Balaban J connectivity index is 2.47. The van der Waals surface area contributed by atoms with E-state index in [1.807, 2.05) is 24.3 Å². The van der Waals surface area contributed by atoms with Gasteiger partial charge in [0.05, 0.1) is 0 Å². The van der Waals surface area contributed by atoms with Gasteiger partial charge in [-0.15, -0.1) is 0 Å². The Kier molecular flexibility index (Phi) is 3.52. The standard InChI is InChI=1S/C11H14N/c1-2-6-11(12)9-10-7-4-3-5-8-10/h3-5,7,12H,2,6,9H2,1H3. The van der Waals surface area contributed by atoms with Crippen LogP contribution in [-0.4, -0.2) is 5.71 Å². The number of nitrogens with one attached hydrogen (secondary N) is 1. The molecule has 1 N–H and O–H groups in total. The molecule has 12 heavy (non-hydrogen) atoms. The number of hydrogen-bond acceptors (Lipinski definition) is 1. The van der Waals surface area contributed by atoms with Gasteiger partial charge < -0.3 is 5.41 Å². The lowest BCUT2D eigenvalue weighted by atomic mass is 10.1. The van der Waals surface area contributed by atoms with E-state index < -0.39 is 0 Å². The average molecular weight is 160 g/mol. The monoisotopic (exact) mass is 160 g/mol. The summed E-state index contributed by atoms with van der Waals surface area (Å²) < 4.78 is 0. The van der Waals surface area contributed by atoms with Crippen LogP contribution in [0.2, 0.25) is 0 Å². The highest BCUT2D eigenvalue weighted by Gasteiger charge is 1.96. The van der Waals surface area contributed by atoms with Crippen molar-refractivity contribution in [2.75, 3.05) is 0 Å². The molecule has 0 heterocycles. The molecule has 0 atom stereocenters. The van der Waals surface area contributed by atoms with Crippen molar-refractivity contribution in [2.24, 2.45) is 0 Å². The summed E-state index contributed by atoms with van der Waals surface area (Å²) in [6.45, 7) is 2.10. The molecule has 0 saturated heterocycles. The van der Waals surface area contributed by atoms with Gasteiger partial charge in [-0.05, 0) is 18.1 Å². The molecule has 1 nitrogen and oxygen atoms in total. The van der Waals surface area contributed by atoms with Crippen molar-refractivity contribution in [2.45, 2.75) is 26.2 Å². The van der Waals surface area contributed by atoms with E-state index in [0.717, 1.165) is 30.5 Å². The van der Waals surface area contributed by atoms with Gasteiger partial charge >= 0.3 is 0 Å². The predicted molar refractivity (Wildman–Crippen MR) is 51.6 cm³/mol. The molecule has 0 unspecified atom stereocenters. The minimum Gasteiger partial charge on any atom is -0.309 e. The summed E-state index contributed by atoms with van der Waals surface area (Å²) in [4.78, 5) is 0. The van der Waals surface area contributed by atoms with E-state index >= 15 is 0 Å². The minimum atomic E-state index is 0.759. The SMILES string of the molecule is CCCC(=N)Cc1[c]cccc1. The zero-order valence-corrected chi connectivity index (χ0v) is 7.43. The van der Waals surface area contributed by atoms with Crippen molar-refractivity contribution in [3.05, 3.63) is 35.9 Å². The van der Waals surface area contributed by atoms with Crippen LogP contribution in [0.5, 0.6) is 0 Å². The molecule has 0 saturated carbocycles. The normalized spacial score (nSPS) is 9.75. The van der Waals surface area contributed by atoms with Crippen LogP contribution >= 0.6 is 0 Å². The number of rotatable bonds is 4. The van der Waals surface area contributed by atoms with Crippen LogP contribution in [0.15, 0.2) is 24.3 Å². The topological polar surface area (TPSA) is 23.9 Å². The first kappa shape index (κ1) is 8.98. The maximum absolute atomic E-state index is 7.61. The molecule has 0 aliphatic heterocycles. The molecule has 0 aromatic heterocycles. The van der Waals surface area contributed by atoms with Gasteiger partial charge in [-0.25, -0.2) is 0 Å². The summed E-state index contributed by atoms with van der Waals surface area (Å²) >= 11 is 0. The summed E-state index contributed by atoms with van der Waals surface area (Å²) in [5, 5.41) is 7.61. The Bertz CT molecular complexity index is 238. The third kappa shape index (κ3) is 2.87. The summed E-state index contributed by atoms with van der Waals surface area (Å²) in [6.07, 6.45) is 2.73. The molecular weight excluding hydrogens is 146 g/mol. The Morgan fingerprint density at radius 3 is 2.92 bits per heavy atom. The van der Waals surface area contributed by atoms with Gasteiger partial charge in [-0.3, -0.25) is 0 Å². The Hall–Kier alpha value is -1.11. The van der Waals surface area contributed by atoms with Crippen LogP contribution in [0.25, 0.3) is 0 Å². The first-order valence-electron chi connectivity index (χ1n) is 4.35. The van der Waals surface area contributed by atoms with Crippen molar-refractivity contribution in [3.8, 4) is 0 Å². The van der Waals surface area contributed by atoms with Crippen molar-refractivity contribution >= 4 is 5.71 Å². The van der Waals surface area contributed by atoms with Gasteiger partial charge in [-0.2, -0.15) is 0 Å². The van der Waals surface area contributed by atoms with Crippen LogP contribution in [0.4, 0.5) is 0 Å². The van der Waals surface area contributed by atoms with Crippen molar-refractivity contribution in [1.82, 2.24) is 0 Å². The van der Waals surface area contributed by atoms with E-state index in [-0.39, 0.29) is 0 Å². The second-order valence-electron chi connectivity index (χ2n) is 2.92. The van der Waals surface area contributed by atoms with Gasteiger partial charge in [0.1, 0.15) is 0 Å². The highest BCUT2D eigenvalue weighted by atomic mass is 14.4. The molecule has 0 spiro atoms. The largest absolute Gasteiger partial charge is 0.309 e. The molecule has 63 valence electrons. The van der Waals surface area contributed by atoms with E-state index in [1.165, 1.54) is 0 Å². The maximum Gasteiger partial charge on any atom is 0.0133 e. The average Bonchev–Trinajstić information content (AvgIpc) is 2.06. The number of benzene rings is 1. The summed E-state index contributed by atoms with van der Waals surface area (Å²) in [5.74, 6) is 0. The Labute approximate surface area is 73.9 Å². The van der Waals surface area contributed by atoms with Gasteiger partial charge in [-0.1, -0.05) is 37.6 Å². The molecular formula is C11H14N. The second-order valence-corrected chi connectivity index (χ2v) is 2.92. The molecule has 1 aromatic carbocycles. The van der Waals surface area contributed by atoms with Crippen LogP contribution in [0.1, 0.15) is 25.3 Å². The van der Waals surface area contributed by atoms with Gasteiger partial charge in [0.15, 0.2) is 0 Å². The van der Waals surface area contributed by atoms with Crippen molar-refractivity contribution < 1.29 is 0 Å². The van der Waals surface area contributed by atoms with Crippen molar-refractivity contribution in [1.29, 1.82) is 5.41 Å². The van der Waals surface area contributed by atoms with Crippen LogP contribution in [-0.2, 0) is 6.42 Å². The fraction of sp³-hybridized carbons (Fsp3) is 0.364. The molecule has 0 bridgehead atoms. The fourth-order valence-corrected chi connectivity index (χ4v) is 1.16. The molecule has 0 aliphatic rings. The lowest BCUT2D eigenvalue weighted by Crippen LogP contribution is -2.00. The van der Waals surface area contributed by atoms with Crippen molar-refractivity contribution in [3.63, 3.8) is 0 Å². The fourth-order valence-electron chi connectivity index (χ4n) is 1.16. The molecule has 0 aliphatic carbocycles. The van der Waals surface area contributed by atoms with Gasteiger partial charge in [0, 0.05) is 12.1 Å².